The number of ether oxygens (including phenoxy) is 1. The van der Waals surface area contributed by atoms with Gasteiger partial charge in [0, 0.05) is 0 Å². The van der Waals surface area contributed by atoms with E-state index < -0.39 is 0 Å². The summed E-state index contributed by atoms with van der Waals surface area (Å²) in [6.45, 7) is 3.67. The molecule has 1 aromatic heterocycles. The number of nitrogens with zero attached hydrogens (tertiary/aromatic N) is 2. The molecule has 1 aromatic carbocycles. The molecule has 0 atom stereocenters. The first-order valence-corrected chi connectivity index (χ1v) is 7.86. The van der Waals surface area contributed by atoms with Crippen molar-refractivity contribution in [1.29, 1.82) is 0 Å². The number of amides is 2. The zero-order valence-corrected chi connectivity index (χ0v) is 14.0. The molecule has 2 N–H and O–H groups in total. The third kappa shape index (κ3) is 4.26. The quantitative estimate of drug-likeness (QED) is 0.840. The molecule has 0 aliphatic rings. The molecule has 1 heterocycles. The molecule has 0 radical (unpaired) electrons. The number of rotatable bonds is 6. The molecule has 7 nitrogen and oxygen atoms in total. The average Bonchev–Trinajstić information content (AvgIpc) is 3.01. The predicted octanol–water partition coefficient (Wildman–Crippen LogP) is 1.79. The maximum atomic E-state index is 12.0. The normalized spacial score (nSPS) is 10.2. The van der Waals surface area contributed by atoms with Gasteiger partial charge in [0.15, 0.2) is 0 Å². The van der Waals surface area contributed by atoms with Crippen LogP contribution >= 0.6 is 11.5 Å². The van der Waals surface area contributed by atoms with Crippen LogP contribution in [0.15, 0.2) is 18.2 Å². The molecule has 122 valence electrons. The zero-order chi connectivity index (χ0) is 16.8. The number of methoxy groups -OCH3 is 1. The molecule has 0 spiro atoms. The van der Waals surface area contributed by atoms with E-state index in [1.807, 2.05) is 19.9 Å². The second-order valence-corrected chi connectivity index (χ2v) is 5.59. The van der Waals surface area contributed by atoms with Gasteiger partial charge >= 0.3 is 0 Å². The highest BCUT2D eigenvalue weighted by Gasteiger charge is 2.16. The van der Waals surface area contributed by atoms with Crippen LogP contribution in [0.25, 0.3) is 0 Å². The summed E-state index contributed by atoms with van der Waals surface area (Å²) in [4.78, 5) is 24.5. The van der Waals surface area contributed by atoms with E-state index in [0.29, 0.717) is 28.4 Å². The molecule has 0 aliphatic heterocycles. The third-order valence-corrected chi connectivity index (χ3v) is 3.90. The Morgan fingerprint density at radius 3 is 2.83 bits per heavy atom. The highest BCUT2D eigenvalue weighted by molar-refractivity contribution is 7.08. The van der Waals surface area contributed by atoms with E-state index in [1.54, 1.807) is 12.1 Å². The van der Waals surface area contributed by atoms with Crippen molar-refractivity contribution in [1.82, 2.24) is 14.9 Å². The first-order valence-electron chi connectivity index (χ1n) is 7.09. The first kappa shape index (κ1) is 16.9. The minimum Gasteiger partial charge on any atom is -0.495 e. The number of aryl methyl sites for hydroxylation is 2. The number of carbonyl (C=O) groups excluding carboxylic acids is 2. The number of hydrogen-bond donors (Lipinski definition) is 2. The molecule has 0 unspecified atom stereocenters. The summed E-state index contributed by atoms with van der Waals surface area (Å²) in [7, 11) is 1.53. The first-order chi connectivity index (χ1) is 11.0. The van der Waals surface area contributed by atoms with Crippen molar-refractivity contribution < 1.29 is 14.3 Å². The Bertz CT molecular complexity index is 714. The van der Waals surface area contributed by atoms with Crippen LogP contribution in [-0.2, 0) is 11.2 Å². The summed E-state index contributed by atoms with van der Waals surface area (Å²) in [5.74, 6) is -0.115. The average molecular weight is 334 g/mol. The van der Waals surface area contributed by atoms with Crippen LogP contribution in [-0.4, -0.2) is 35.1 Å². The van der Waals surface area contributed by atoms with Gasteiger partial charge in [0.1, 0.15) is 10.6 Å². The van der Waals surface area contributed by atoms with Gasteiger partial charge in [0.05, 0.1) is 25.0 Å². The highest BCUT2D eigenvalue weighted by atomic mass is 32.1. The lowest BCUT2D eigenvalue weighted by molar-refractivity contribution is -0.115. The van der Waals surface area contributed by atoms with E-state index >= 15 is 0 Å². The van der Waals surface area contributed by atoms with E-state index in [9.17, 15) is 9.59 Å². The summed E-state index contributed by atoms with van der Waals surface area (Å²) in [6.07, 6.45) is 0.617. The van der Waals surface area contributed by atoms with Crippen LogP contribution in [0.4, 0.5) is 5.69 Å². The number of benzene rings is 1. The van der Waals surface area contributed by atoms with Crippen molar-refractivity contribution >= 4 is 29.0 Å². The van der Waals surface area contributed by atoms with Crippen LogP contribution in [0.5, 0.6) is 5.75 Å². The lowest BCUT2D eigenvalue weighted by Crippen LogP contribution is -2.33. The van der Waals surface area contributed by atoms with Gasteiger partial charge in [-0.2, -0.15) is 0 Å². The Labute approximate surface area is 138 Å². The third-order valence-electron chi connectivity index (χ3n) is 3.14. The number of nitrogens with one attached hydrogen (secondary N) is 2. The van der Waals surface area contributed by atoms with Gasteiger partial charge in [0.2, 0.25) is 5.91 Å². The molecule has 8 heteroatoms. The van der Waals surface area contributed by atoms with Crippen molar-refractivity contribution in [3.63, 3.8) is 0 Å². The molecular weight excluding hydrogens is 316 g/mol. The van der Waals surface area contributed by atoms with Gasteiger partial charge in [0.25, 0.3) is 5.91 Å². The van der Waals surface area contributed by atoms with Crippen LogP contribution in [0.1, 0.15) is 27.9 Å². The van der Waals surface area contributed by atoms with E-state index in [1.165, 1.54) is 7.11 Å². The number of aromatic nitrogens is 2. The number of anilines is 1. The van der Waals surface area contributed by atoms with Crippen LogP contribution in [0, 0.1) is 6.92 Å². The van der Waals surface area contributed by atoms with E-state index in [0.717, 1.165) is 17.1 Å². The molecule has 2 aromatic rings. The molecule has 2 amide bonds. The van der Waals surface area contributed by atoms with Gasteiger partial charge in [-0.05, 0) is 42.6 Å². The zero-order valence-electron chi connectivity index (χ0n) is 13.2. The highest BCUT2D eigenvalue weighted by Crippen LogP contribution is 2.24. The minimum absolute atomic E-state index is 0.142. The van der Waals surface area contributed by atoms with Gasteiger partial charge in [-0.15, -0.1) is 5.10 Å². The Morgan fingerprint density at radius 1 is 1.35 bits per heavy atom. The molecule has 0 saturated carbocycles. The van der Waals surface area contributed by atoms with E-state index in [2.05, 4.69) is 20.2 Å². The minimum atomic E-state index is -0.344. The smallest absolute Gasteiger partial charge is 0.265 e. The largest absolute Gasteiger partial charge is 0.495 e. The fourth-order valence-corrected chi connectivity index (χ4v) is 2.63. The van der Waals surface area contributed by atoms with Crippen molar-refractivity contribution in [3.8, 4) is 5.75 Å². The lowest BCUT2D eigenvalue weighted by atomic mass is 10.2. The Kier molecular flexibility index (Phi) is 5.64. The molecule has 0 bridgehead atoms. The molecule has 0 saturated heterocycles. The van der Waals surface area contributed by atoms with Crippen molar-refractivity contribution in [2.45, 2.75) is 20.3 Å². The van der Waals surface area contributed by atoms with Crippen molar-refractivity contribution in [2.24, 2.45) is 0 Å². The fourth-order valence-electron chi connectivity index (χ4n) is 1.97. The van der Waals surface area contributed by atoms with Gasteiger partial charge in [-0.3, -0.25) is 9.59 Å². The maximum Gasteiger partial charge on any atom is 0.265 e. The number of hydrogen-bond acceptors (Lipinski definition) is 6. The summed E-state index contributed by atoms with van der Waals surface area (Å²) < 4.78 is 8.95. The fraction of sp³-hybridized carbons (Fsp3) is 0.333. The number of carbonyl (C=O) groups is 2. The van der Waals surface area contributed by atoms with E-state index in [4.69, 9.17) is 4.74 Å². The summed E-state index contributed by atoms with van der Waals surface area (Å²) >= 11 is 1.02. The monoisotopic (exact) mass is 334 g/mol. The SMILES string of the molecule is CCc1nnsc1C(=O)NCC(=O)Nc1cc(C)ccc1OC. The van der Waals surface area contributed by atoms with Crippen molar-refractivity contribution in [3.05, 3.63) is 34.3 Å². The molecule has 2 rings (SSSR count). The maximum absolute atomic E-state index is 12.0. The summed E-state index contributed by atoms with van der Waals surface area (Å²) in [6, 6.07) is 5.47. The summed E-state index contributed by atoms with van der Waals surface area (Å²) in [5.41, 5.74) is 2.20. The van der Waals surface area contributed by atoms with Gasteiger partial charge in [-0.25, -0.2) is 0 Å². The Balaban J connectivity index is 1.95. The topological polar surface area (TPSA) is 93.2 Å². The van der Waals surface area contributed by atoms with Gasteiger partial charge in [-0.1, -0.05) is 17.5 Å². The van der Waals surface area contributed by atoms with Crippen molar-refractivity contribution in [2.75, 3.05) is 19.0 Å². The van der Waals surface area contributed by atoms with Crippen LogP contribution in [0.2, 0.25) is 0 Å². The van der Waals surface area contributed by atoms with Crippen LogP contribution in [0.3, 0.4) is 0 Å². The second kappa shape index (κ2) is 7.68. The Hall–Kier alpha value is -2.48. The second-order valence-electron chi connectivity index (χ2n) is 4.84. The van der Waals surface area contributed by atoms with Crippen LogP contribution < -0.4 is 15.4 Å². The molecule has 0 fully saturated rings. The van der Waals surface area contributed by atoms with E-state index in [-0.39, 0.29) is 18.4 Å². The Morgan fingerprint density at radius 2 is 2.13 bits per heavy atom. The summed E-state index contributed by atoms with van der Waals surface area (Å²) in [5, 5.41) is 9.17. The predicted molar refractivity (Wildman–Crippen MR) is 88.0 cm³/mol. The molecule has 23 heavy (non-hydrogen) atoms. The molecule has 0 aliphatic carbocycles. The molecular formula is C15H18N4O3S. The lowest BCUT2D eigenvalue weighted by Gasteiger charge is -2.11. The van der Waals surface area contributed by atoms with Gasteiger partial charge < -0.3 is 15.4 Å². The standard InChI is InChI=1S/C15H18N4O3S/c1-4-10-14(23-19-18-10)15(21)16-8-13(20)17-11-7-9(2)5-6-12(11)22-3/h5-7H,4,8H2,1-3H3,(H,16,21)(H,17,20).